The van der Waals surface area contributed by atoms with Gasteiger partial charge in [0, 0.05) is 11.4 Å². The summed E-state index contributed by atoms with van der Waals surface area (Å²) in [6, 6.07) is 7.29. The van der Waals surface area contributed by atoms with Crippen LogP contribution < -0.4 is 4.72 Å². The molecule has 0 aliphatic heterocycles. The third-order valence-electron chi connectivity index (χ3n) is 3.64. The second-order valence-electron chi connectivity index (χ2n) is 6.74. The molecule has 2 rings (SSSR count). The minimum absolute atomic E-state index is 0.117. The molecule has 1 unspecified atom stereocenters. The first-order chi connectivity index (χ1) is 11.2. The summed E-state index contributed by atoms with van der Waals surface area (Å²) < 4.78 is 14.9. The highest BCUT2D eigenvalue weighted by Crippen LogP contribution is 2.30. The fourth-order valence-electron chi connectivity index (χ4n) is 2.29. The van der Waals surface area contributed by atoms with Crippen LogP contribution in [0.1, 0.15) is 44.4 Å². The fraction of sp³-hybridized carbons (Fsp3) is 0.389. The minimum Gasteiger partial charge on any atom is -0.598 e. The molecule has 0 spiro atoms. The van der Waals surface area contributed by atoms with Crippen LogP contribution in [0.5, 0.6) is 0 Å². The molecule has 0 amide bonds. The SMILES string of the molecule is Cc1cscc1-c1cccc(C(CC(=O)O)N[S@+]([O-])C(C)(C)C)c1. The first-order valence-electron chi connectivity index (χ1n) is 7.71. The molecule has 1 aromatic heterocycles. The summed E-state index contributed by atoms with van der Waals surface area (Å²) in [6.07, 6.45) is -0.117. The summed E-state index contributed by atoms with van der Waals surface area (Å²) in [6.45, 7) is 7.64. The number of hydrogen-bond donors (Lipinski definition) is 2. The van der Waals surface area contributed by atoms with Crippen LogP contribution in [0.15, 0.2) is 35.0 Å². The number of aryl methyl sites for hydroxylation is 1. The van der Waals surface area contributed by atoms with Crippen molar-refractivity contribution in [2.45, 2.75) is 44.9 Å². The number of rotatable bonds is 6. The van der Waals surface area contributed by atoms with Gasteiger partial charge in [-0.2, -0.15) is 11.3 Å². The van der Waals surface area contributed by atoms with E-state index < -0.39 is 28.1 Å². The molecule has 0 bridgehead atoms. The average Bonchev–Trinajstić information content (AvgIpc) is 2.91. The van der Waals surface area contributed by atoms with E-state index in [0.717, 1.165) is 16.7 Å². The summed E-state index contributed by atoms with van der Waals surface area (Å²) in [4.78, 5) is 11.2. The zero-order valence-electron chi connectivity index (χ0n) is 14.3. The van der Waals surface area contributed by atoms with Crippen LogP contribution in [0.25, 0.3) is 11.1 Å². The standard InChI is InChI=1S/C18H23NO3S2/c1-12-10-23-11-15(12)13-6-5-7-14(8-13)16(9-17(20)21)19-24(22)18(2,3)4/h5-8,10-11,16,19H,9H2,1-4H3,(H,20,21)/t16?,24-/m1/s1. The third-order valence-corrected chi connectivity index (χ3v) is 6.11. The lowest BCUT2D eigenvalue weighted by molar-refractivity contribution is -0.137. The summed E-state index contributed by atoms with van der Waals surface area (Å²) in [7, 11) is 0. The second kappa shape index (κ2) is 7.70. The number of hydrogen-bond acceptors (Lipinski definition) is 4. The lowest BCUT2D eigenvalue weighted by Crippen LogP contribution is -2.41. The summed E-state index contributed by atoms with van der Waals surface area (Å²) >= 11 is 0.298. The van der Waals surface area contributed by atoms with E-state index >= 15 is 0 Å². The Morgan fingerprint density at radius 2 is 2.08 bits per heavy atom. The molecular formula is C18H23NO3S2. The molecule has 1 aromatic carbocycles. The monoisotopic (exact) mass is 365 g/mol. The Balaban J connectivity index is 2.33. The lowest BCUT2D eigenvalue weighted by atomic mass is 9.98. The quantitative estimate of drug-likeness (QED) is 0.749. The van der Waals surface area contributed by atoms with Gasteiger partial charge < -0.3 is 9.66 Å². The van der Waals surface area contributed by atoms with Crippen molar-refractivity contribution in [3.63, 3.8) is 0 Å². The van der Waals surface area contributed by atoms with Gasteiger partial charge in [0.1, 0.15) is 4.75 Å². The molecule has 0 saturated carbocycles. The Hall–Kier alpha value is -1.34. The van der Waals surface area contributed by atoms with Crippen LogP contribution in [-0.4, -0.2) is 20.4 Å². The molecule has 24 heavy (non-hydrogen) atoms. The van der Waals surface area contributed by atoms with Gasteiger partial charge in [-0.1, -0.05) is 18.2 Å². The van der Waals surface area contributed by atoms with Gasteiger partial charge in [-0.05, 0) is 66.8 Å². The molecular weight excluding hydrogens is 342 g/mol. The molecule has 6 heteroatoms. The number of benzene rings is 1. The number of nitrogens with one attached hydrogen (secondary N) is 1. The van der Waals surface area contributed by atoms with E-state index in [1.54, 1.807) is 11.3 Å². The first-order valence-corrected chi connectivity index (χ1v) is 9.80. The van der Waals surface area contributed by atoms with Gasteiger partial charge >= 0.3 is 5.97 Å². The largest absolute Gasteiger partial charge is 0.598 e. The molecule has 2 aromatic rings. The summed E-state index contributed by atoms with van der Waals surface area (Å²) in [5.74, 6) is -0.921. The zero-order valence-corrected chi connectivity index (χ0v) is 16.0. The average molecular weight is 366 g/mol. The van der Waals surface area contributed by atoms with E-state index in [1.165, 1.54) is 5.56 Å². The maximum Gasteiger partial charge on any atom is 0.305 e. The Labute approximate surface area is 150 Å². The van der Waals surface area contributed by atoms with Gasteiger partial charge in [0.15, 0.2) is 0 Å². The van der Waals surface area contributed by atoms with Crippen LogP contribution in [0.3, 0.4) is 0 Å². The molecule has 0 aliphatic carbocycles. The number of carboxylic acids is 1. The molecule has 0 aliphatic rings. The zero-order chi connectivity index (χ0) is 17.9. The third kappa shape index (κ3) is 4.83. The number of carboxylic acid groups (broad SMARTS) is 1. The van der Waals surface area contributed by atoms with E-state index in [2.05, 4.69) is 22.4 Å². The predicted molar refractivity (Wildman–Crippen MR) is 101 cm³/mol. The maximum absolute atomic E-state index is 12.4. The van der Waals surface area contributed by atoms with Crippen molar-refractivity contribution >= 4 is 28.7 Å². The highest BCUT2D eigenvalue weighted by molar-refractivity contribution is 7.90. The van der Waals surface area contributed by atoms with Crippen molar-refractivity contribution in [1.29, 1.82) is 0 Å². The van der Waals surface area contributed by atoms with Crippen LogP contribution in [0.2, 0.25) is 0 Å². The maximum atomic E-state index is 12.4. The van der Waals surface area contributed by atoms with Crippen LogP contribution in [0.4, 0.5) is 0 Å². The van der Waals surface area contributed by atoms with Crippen LogP contribution in [-0.2, 0) is 16.2 Å². The van der Waals surface area contributed by atoms with Gasteiger partial charge in [-0.3, -0.25) is 4.79 Å². The van der Waals surface area contributed by atoms with Crippen LogP contribution >= 0.6 is 11.3 Å². The first kappa shape index (κ1) is 19.0. The van der Waals surface area contributed by atoms with E-state index in [1.807, 2.05) is 45.0 Å². The number of carbonyl (C=O) groups is 1. The smallest absolute Gasteiger partial charge is 0.305 e. The van der Waals surface area contributed by atoms with Gasteiger partial charge in [-0.25, -0.2) is 0 Å². The van der Waals surface area contributed by atoms with E-state index in [-0.39, 0.29) is 6.42 Å². The second-order valence-corrected chi connectivity index (χ2v) is 9.48. The van der Waals surface area contributed by atoms with Crippen molar-refractivity contribution in [2.75, 3.05) is 0 Å². The Morgan fingerprint density at radius 3 is 2.62 bits per heavy atom. The Morgan fingerprint density at radius 1 is 1.38 bits per heavy atom. The van der Waals surface area contributed by atoms with Crippen molar-refractivity contribution in [3.8, 4) is 11.1 Å². The minimum atomic E-state index is -1.34. The number of aliphatic carboxylic acids is 1. The van der Waals surface area contributed by atoms with Gasteiger partial charge in [0.05, 0.1) is 12.5 Å². The predicted octanol–water partition coefficient (Wildman–Crippen LogP) is 4.29. The van der Waals surface area contributed by atoms with Crippen molar-refractivity contribution < 1.29 is 14.5 Å². The van der Waals surface area contributed by atoms with E-state index in [4.69, 9.17) is 0 Å². The van der Waals surface area contributed by atoms with Gasteiger partial charge in [0.25, 0.3) is 0 Å². The molecule has 4 nitrogen and oxygen atoms in total. The van der Waals surface area contributed by atoms with Gasteiger partial charge in [-0.15, -0.1) is 4.72 Å². The Kier molecular flexibility index (Phi) is 6.09. The molecule has 0 radical (unpaired) electrons. The molecule has 0 saturated heterocycles. The molecule has 130 valence electrons. The molecule has 1 heterocycles. The lowest BCUT2D eigenvalue weighted by Gasteiger charge is -2.27. The van der Waals surface area contributed by atoms with Crippen molar-refractivity contribution in [2.24, 2.45) is 0 Å². The highest BCUT2D eigenvalue weighted by atomic mass is 32.2. The summed E-state index contributed by atoms with van der Waals surface area (Å²) in [5.41, 5.74) is 4.22. The van der Waals surface area contributed by atoms with E-state index in [9.17, 15) is 14.5 Å². The normalized spacial score (nSPS) is 14.4. The summed E-state index contributed by atoms with van der Waals surface area (Å²) in [5, 5.41) is 13.4. The van der Waals surface area contributed by atoms with Gasteiger partial charge in [0.2, 0.25) is 0 Å². The van der Waals surface area contributed by atoms with Crippen molar-refractivity contribution in [3.05, 3.63) is 46.2 Å². The highest BCUT2D eigenvalue weighted by Gasteiger charge is 2.31. The topological polar surface area (TPSA) is 72.4 Å². The fourth-order valence-corrected chi connectivity index (χ4v) is 3.98. The van der Waals surface area contributed by atoms with E-state index in [0.29, 0.717) is 0 Å². The molecule has 2 N–H and O–H groups in total. The Bertz CT molecular complexity index is 706. The molecule has 2 atom stereocenters. The van der Waals surface area contributed by atoms with Crippen LogP contribution in [0, 0.1) is 6.92 Å². The number of thiophene rings is 1. The van der Waals surface area contributed by atoms with Crippen molar-refractivity contribution in [1.82, 2.24) is 4.72 Å². The molecule has 0 fully saturated rings.